The molecule has 1 aromatic rings. The second kappa shape index (κ2) is 5.75. The number of nitrogens with zero attached hydrogens (tertiary/aromatic N) is 1. The Balaban J connectivity index is 1.80. The summed E-state index contributed by atoms with van der Waals surface area (Å²) in [6, 6.07) is 2.61. The molecular formula is C14H22N2O2S2. The first-order valence-corrected chi connectivity index (χ1v) is 9.76. The summed E-state index contributed by atoms with van der Waals surface area (Å²) < 4.78 is 27.4. The third kappa shape index (κ3) is 3.08. The van der Waals surface area contributed by atoms with Gasteiger partial charge in [-0.05, 0) is 43.6 Å². The summed E-state index contributed by atoms with van der Waals surface area (Å²) in [5.74, 6) is 0. The van der Waals surface area contributed by atoms with Crippen LogP contribution in [0.5, 0.6) is 0 Å². The van der Waals surface area contributed by atoms with Crippen molar-refractivity contribution in [2.75, 3.05) is 6.54 Å². The van der Waals surface area contributed by atoms with Gasteiger partial charge >= 0.3 is 0 Å². The van der Waals surface area contributed by atoms with E-state index >= 15 is 0 Å². The summed E-state index contributed by atoms with van der Waals surface area (Å²) in [4.78, 5) is 1.48. The molecule has 1 N–H and O–H groups in total. The van der Waals surface area contributed by atoms with E-state index in [4.69, 9.17) is 0 Å². The molecule has 0 unspecified atom stereocenters. The highest BCUT2D eigenvalue weighted by Gasteiger charge is 2.38. The maximum absolute atomic E-state index is 12.9. The van der Waals surface area contributed by atoms with Crippen molar-refractivity contribution >= 4 is 21.4 Å². The minimum atomic E-state index is -3.31. The van der Waals surface area contributed by atoms with Crippen LogP contribution in [0.25, 0.3) is 0 Å². The zero-order valence-corrected chi connectivity index (χ0v) is 13.5. The van der Waals surface area contributed by atoms with Gasteiger partial charge in [0.1, 0.15) is 0 Å². The predicted octanol–water partition coefficient (Wildman–Crippen LogP) is 2.56. The van der Waals surface area contributed by atoms with E-state index < -0.39 is 10.0 Å². The molecule has 0 amide bonds. The van der Waals surface area contributed by atoms with Gasteiger partial charge in [-0.1, -0.05) is 6.92 Å². The minimum Gasteiger partial charge on any atom is -0.309 e. The van der Waals surface area contributed by atoms with E-state index in [1.807, 2.05) is 12.3 Å². The van der Waals surface area contributed by atoms with Crippen molar-refractivity contribution in [2.45, 2.75) is 62.6 Å². The predicted molar refractivity (Wildman–Crippen MR) is 81.4 cm³/mol. The molecule has 0 radical (unpaired) electrons. The van der Waals surface area contributed by atoms with Crippen LogP contribution in [0.15, 0.2) is 16.3 Å². The summed E-state index contributed by atoms with van der Waals surface area (Å²) in [5, 5.41) is 5.31. The lowest BCUT2D eigenvalue weighted by Crippen LogP contribution is -2.34. The topological polar surface area (TPSA) is 49.4 Å². The summed E-state index contributed by atoms with van der Waals surface area (Å²) >= 11 is 1.55. The highest BCUT2D eigenvalue weighted by atomic mass is 32.2. The quantitative estimate of drug-likeness (QED) is 0.802. The van der Waals surface area contributed by atoms with E-state index in [2.05, 4.69) is 5.32 Å². The molecule has 0 aromatic carbocycles. The van der Waals surface area contributed by atoms with Gasteiger partial charge in [0, 0.05) is 30.1 Å². The van der Waals surface area contributed by atoms with Crippen LogP contribution in [0.1, 0.15) is 43.9 Å². The average Bonchev–Trinajstić information content (AvgIpc) is 3.33. The van der Waals surface area contributed by atoms with Crippen LogP contribution < -0.4 is 5.32 Å². The number of sulfonamides is 1. The third-order valence-electron chi connectivity index (χ3n) is 3.82. The van der Waals surface area contributed by atoms with Gasteiger partial charge in [-0.15, -0.1) is 11.3 Å². The Morgan fingerprint density at radius 1 is 1.35 bits per heavy atom. The molecule has 4 nitrogen and oxygen atoms in total. The van der Waals surface area contributed by atoms with Crippen molar-refractivity contribution in [3.05, 3.63) is 16.3 Å². The number of hydrogen-bond acceptors (Lipinski definition) is 4. The highest BCUT2D eigenvalue weighted by Crippen LogP contribution is 2.34. The van der Waals surface area contributed by atoms with Crippen LogP contribution in [0, 0.1) is 0 Å². The zero-order valence-electron chi connectivity index (χ0n) is 11.8. The molecule has 20 heavy (non-hydrogen) atoms. The molecule has 2 saturated carbocycles. The van der Waals surface area contributed by atoms with Crippen molar-refractivity contribution in [2.24, 2.45) is 0 Å². The number of hydrogen-bond donors (Lipinski definition) is 1. The molecule has 0 atom stereocenters. The van der Waals surface area contributed by atoms with Crippen molar-refractivity contribution < 1.29 is 8.42 Å². The second-order valence-corrected chi connectivity index (χ2v) is 8.57. The van der Waals surface area contributed by atoms with Gasteiger partial charge in [-0.25, -0.2) is 8.42 Å². The van der Waals surface area contributed by atoms with E-state index in [0.29, 0.717) is 24.0 Å². The van der Waals surface area contributed by atoms with Gasteiger partial charge in [0.25, 0.3) is 0 Å². The Morgan fingerprint density at radius 2 is 2.10 bits per heavy atom. The average molecular weight is 314 g/mol. The fraction of sp³-hybridized carbons (Fsp3) is 0.714. The summed E-state index contributed by atoms with van der Waals surface area (Å²) in [5.41, 5.74) is 0. The normalized spacial score (nSPS) is 19.7. The van der Waals surface area contributed by atoms with Gasteiger partial charge in [0.15, 0.2) is 0 Å². The highest BCUT2D eigenvalue weighted by molar-refractivity contribution is 7.89. The molecule has 2 aliphatic rings. The standard InChI is InChI=1S/C14H22N2O2S2/c1-2-8-16(12-5-6-12)20(17,18)14-7-9-19-13(14)10-15-11-3-4-11/h7,9,11-12,15H,2-6,8,10H2,1H3. The van der Waals surface area contributed by atoms with Gasteiger partial charge in [-0.3, -0.25) is 0 Å². The smallest absolute Gasteiger partial charge is 0.244 e. The lowest BCUT2D eigenvalue weighted by atomic mass is 10.4. The maximum atomic E-state index is 12.9. The fourth-order valence-electron chi connectivity index (χ4n) is 2.42. The van der Waals surface area contributed by atoms with Gasteiger partial charge in [0.2, 0.25) is 10.0 Å². The molecule has 112 valence electrons. The van der Waals surface area contributed by atoms with Crippen molar-refractivity contribution in [3.8, 4) is 0 Å². The monoisotopic (exact) mass is 314 g/mol. The summed E-state index contributed by atoms with van der Waals surface area (Å²) in [6.07, 6.45) is 5.34. The molecule has 0 spiro atoms. The molecule has 3 rings (SSSR count). The van der Waals surface area contributed by atoms with Crippen LogP contribution in [0.4, 0.5) is 0 Å². The Bertz CT molecular complexity index is 559. The molecular weight excluding hydrogens is 292 g/mol. The van der Waals surface area contributed by atoms with Crippen LogP contribution in [0.2, 0.25) is 0 Å². The van der Waals surface area contributed by atoms with Gasteiger partial charge < -0.3 is 5.32 Å². The van der Waals surface area contributed by atoms with Crippen LogP contribution in [-0.4, -0.2) is 31.4 Å². The third-order valence-corrected chi connectivity index (χ3v) is 6.90. The van der Waals surface area contributed by atoms with E-state index in [0.717, 1.165) is 24.1 Å². The molecule has 2 fully saturated rings. The lowest BCUT2D eigenvalue weighted by molar-refractivity contribution is 0.403. The maximum Gasteiger partial charge on any atom is 0.244 e. The Morgan fingerprint density at radius 3 is 2.70 bits per heavy atom. The van der Waals surface area contributed by atoms with Crippen molar-refractivity contribution in [1.82, 2.24) is 9.62 Å². The first-order valence-electron chi connectivity index (χ1n) is 7.44. The van der Waals surface area contributed by atoms with E-state index in [-0.39, 0.29) is 6.04 Å². The summed E-state index contributed by atoms with van der Waals surface area (Å²) in [6.45, 7) is 3.36. The first kappa shape index (κ1) is 14.5. The molecule has 2 aliphatic carbocycles. The molecule has 0 aliphatic heterocycles. The first-order chi connectivity index (χ1) is 9.63. The zero-order chi connectivity index (χ0) is 14.2. The Hall–Kier alpha value is -0.430. The van der Waals surface area contributed by atoms with Gasteiger partial charge in [-0.2, -0.15) is 4.31 Å². The van der Waals surface area contributed by atoms with E-state index in [1.165, 1.54) is 12.8 Å². The number of nitrogens with one attached hydrogen (secondary N) is 1. The molecule has 0 saturated heterocycles. The molecule has 1 heterocycles. The van der Waals surface area contributed by atoms with Crippen molar-refractivity contribution in [3.63, 3.8) is 0 Å². The lowest BCUT2D eigenvalue weighted by Gasteiger charge is -2.21. The minimum absolute atomic E-state index is 0.240. The SMILES string of the molecule is CCCN(C1CC1)S(=O)(=O)c1ccsc1CNC1CC1. The van der Waals surface area contributed by atoms with Crippen LogP contribution in [-0.2, 0) is 16.6 Å². The van der Waals surface area contributed by atoms with Crippen LogP contribution >= 0.6 is 11.3 Å². The Labute approximate surface area is 125 Å². The summed E-state index contributed by atoms with van der Waals surface area (Å²) in [7, 11) is -3.31. The van der Waals surface area contributed by atoms with E-state index in [1.54, 1.807) is 21.7 Å². The fourth-order valence-corrected chi connectivity index (χ4v) is 5.56. The van der Waals surface area contributed by atoms with E-state index in [9.17, 15) is 8.42 Å². The Kier molecular flexibility index (Phi) is 4.17. The van der Waals surface area contributed by atoms with Crippen molar-refractivity contribution in [1.29, 1.82) is 0 Å². The van der Waals surface area contributed by atoms with Crippen LogP contribution in [0.3, 0.4) is 0 Å². The molecule has 0 bridgehead atoms. The largest absolute Gasteiger partial charge is 0.309 e. The molecule has 6 heteroatoms. The number of thiophene rings is 1. The molecule has 1 aromatic heterocycles. The van der Waals surface area contributed by atoms with Gasteiger partial charge in [0.05, 0.1) is 4.90 Å². The number of rotatable bonds is 8. The second-order valence-electron chi connectivity index (χ2n) is 5.71.